The Bertz CT molecular complexity index is 3490. The smallest absolute Gasteiger partial charge is 0.162 e. The van der Waals surface area contributed by atoms with Crippen LogP contribution in [0.1, 0.15) is 11.5 Å². The Kier molecular flexibility index (Phi) is 7.97. The van der Waals surface area contributed by atoms with Gasteiger partial charge in [0.2, 0.25) is 0 Å². The summed E-state index contributed by atoms with van der Waals surface area (Å²) in [6.45, 7) is 0. The van der Waals surface area contributed by atoms with Crippen LogP contribution in [0.4, 0.5) is 11.4 Å². The van der Waals surface area contributed by atoms with Crippen LogP contribution in [-0.4, -0.2) is 25.1 Å². The van der Waals surface area contributed by atoms with Gasteiger partial charge < -0.3 is 14.0 Å². The van der Waals surface area contributed by atoms with Crippen LogP contribution >= 0.6 is 0 Å². The zero-order valence-electron chi connectivity index (χ0n) is 34.3. The SMILES string of the molecule is C1=CC2c3ccccc3N(c3c(-n4c5ccccc5c5ccccc54)ccc(-c4nc(-c5ccccc5)cc(-c5ccccc5)n4)c3-n3c4ccccc4c4ccccc43)C2C=C1. The van der Waals surface area contributed by atoms with E-state index in [-0.39, 0.29) is 12.0 Å². The number of nitrogens with zero attached hydrogens (tertiary/aromatic N) is 5. The lowest BCUT2D eigenvalue weighted by molar-refractivity contribution is 0.742. The van der Waals surface area contributed by atoms with E-state index in [9.17, 15) is 0 Å². The van der Waals surface area contributed by atoms with Crippen LogP contribution in [0.3, 0.4) is 0 Å². The summed E-state index contributed by atoms with van der Waals surface area (Å²) >= 11 is 0. The number of hydrogen-bond acceptors (Lipinski definition) is 3. The minimum Gasteiger partial charge on any atom is -0.330 e. The van der Waals surface area contributed by atoms with E-state index in [0.29, 0.717) is 5.82 Å². The summed E-state index contributed by atoms with van der Waals surface area (Å²) < 4.78 is 4.97. The van der Waals surface area contributed by atoms with E-state index < -0.39 is 0 Å². The Morgan fingerprint density at radius 3 is 1.43 bits per heavy atom. The molecule has 13 rings (SSSR count). The highest BCUT2D eigenvalue weighted by Crippen LogP contribution is 2.54. The molecule has 3 aromatic heterocycles. The first kappa shape index (κ1) is 35.5. The molecule has 4 heterocycles. The predicted octanol–water partition coefficient (Wildman–Crippen LogP) is 14.4. The highest BCUT2D eigenvalue weighted by Gasteiger charge is 2.41. The maximum Gasteiger partial charge on any atom is 0.162 e. The van der Waals surface area contributed by atoms with Crippen LogP contribution in [-0.2, 0) is 0 Å². The lowest BCUT2D eigenvalue weighted by Crippen LogP contribution is -2.30. The van der Waals surface area contributed by atoms with Crippen molar-refractivity contribution in [2.45, 2.75) is 12.0 Å². The predicted molar refractivity (Wildman–Crippen MR) is 260 cm³/mol. The average molecular weight is 806 g/mol. The van der Waals surface area contributed by atoms with Gasteiger partial charge in [0.25, 0.3) is 0 Å². The van der Waals surface area contributed by atoms with Crippen molar-refractivity contribution in [2.24, 2.45) is 0 Å². The average Bonchev–Trinajstić information content (AvgIpc) is 4.00. The van der Waals surface area contributed by atoms with Crippen LogP contribution in [0.25, 0.3) is 88.9 Å². The number of hydrogen-bond donors (Lipinski definition) is 0. The second-order valence-electron chi connectivity index (χ2n) is 16.5. The minimum atomic E-state index is 0.0118. The normalized spacial score (nSPS) is 15.5. The van der Waals surface area contributed by atoms with Crippen molar-refractivity contribution >= 4 is 55.0 Å². The molecular formula is C58H39N5. The molecular weight excluding hydrogens is 767 g/mol. The molecule has 5 heteroatoms. The van der Waals surface area contributed by atoms with Gasteiger partial charge in [0.05, 0.1) is 56.6 Å². The number of aromatic nitrogens is 4. The van der Waals surface area contributed by atoms with E-state index in [4.69, 9.17) is 9.97 Å². The highest BCUT2D eigenvalue weighted by molar-refractivity contribution is 6.13. The van der Waals surface area contributed by atoms with Gasteiger partial charge in [0, 0.05) is 49.8 Å². The first-order valence-electron chi connectivity index (χ1n) is 21.7. The number of para-hydroxylation sites is 5. The molecule has 0 saturated carbocycles. The molecule has 296 valence electrons. The summed E-state index contributed by atoms with van der Waals surface area (Å²) in [5.74, 6) is 0.819. The van der Waals surface area contributed by atoms with Crippen LogP contribution in [0.5, 0.6) is 0 Å². The van der Waals surface area contributed by atoms with Gasteiger partial charge in [-0.1, -0.05) is 176 Å². The molecule has 8 aromatic carbocycles. The third-order valence-electron chi connectivity index (χ3n) is 13.1. The maximum absolute atomic E-state index is 5.54. The van der Waals surface area contributed by atoms with Gasteiger partial charge in [0.15, 0.2) is 5.82 Å². The Morgan fingerprint density at radius 2 is 0.857 bits per heavy atom. The molecule has 63 heavy (non-hydrogen) atoms. The molecule has 11 aromatic rings. The van der Waals surface area contributed by atoms with Crippen LogP contribution < -0.4 is 4.90 Å². The maximum atomic E-state index is 5.54. The molecule has 2 unspecified atom stereocenters. The third kappa shape index (κ3) is 5.43. The lowest BCUT2D eigenvalue weighted by atomic mass is 9.91. The van der Waals surface area contributed by atoms with Gasteiger partial charge in [0.1, 0.15) is 0 Å². The summed E-state index contributed by atoms with van der Waals surface area (Å²) in [6, 6.07) is 71.9. The van der Waals surface area contributed by atoms with E-state index in [0.717, 1.165) is 67.2 Å². The topological polar surface area (TPSA) is 38.9 Å². The molecule has 2 aliphatic rings. The van der Waals surface area contributed by atoms with E-state index in [1.807, 2.05) is 0 Å². The van der Waals surface area contributed by atoms with Crippen molar-refractivity contribution in [1.29, 1.82) is 0 Å². The quantitative estimate of drug-likeness (QED) is 0.168. The largest absolute Gasteiger partial charge is 0.330 e. The van der Waals surface area contributed by atoms with Crippen LogP contribution in [0.2, 0.25) is 0 Å². The lowest BCUT2D eigenvalue weighted by Gasteiger charge is -2.34. The van der Waals surface area contributed by atoms with Crippen molar-refractivity contribution in [3.63, 3.8) is 0 Å². The number of anilines is 2. The summed E-state index contributed by atoms with van der Waals surface area (Å²) in [5, 5.41) is 4.81. The van der Waals surface area contributed by atoms with Crippen LogP contribution in [0, 0.1) is 0 Å². The molecule has 0 N–H and O–H groups in total. The van der Waals surface area contributed by atoms with Gasteiger partial charge in [-0.2, -0.15) is 0 Å². The minimum absolute atomic E-state index is 0.0118. The number of benzene rings is 8. The zero-order valence-corrected chi connectivity index (χ0v) is 34.3. The Labute approximate surface area is 364 Å². The molecule has 0 spiro atoms. The molecule has 0 amide bonds. The van der Waals surface area contributed by atoms with E-state index in [1.54, 1.807) is 0 Å². The number of rotatable bonds is 6. The van der Waals surface area contributed by atoms with E-state index in [2.05, 4.69) is 239 Å². The standard InChI is InChI=1S/C58H39N5/c1-3-19-38(20-4-1)47-37-48(39-21-5-2-6-22-39)60-58(59-47)46-35-36-55(61-49-29-13-7-23-40(49)41-24-8-14-30-50(41)61)57(63-53-33-17-11-27-44(53)45-28-12-18-34-54(45)63)56(46)62-51-31-15-9-25-42(51)43-26-10-16-32-52(43)62/h1-37,44,53H. The fraction of sp³-hybridized carbons (Fsp3) is 0.0345. The Morgan fingerprint density at radius 1 is 0.381 bits per heavy atom. The third-order valence-corrected chi connectivity index (χ3v) is 13.1. The Balaban J connectivity index is 1.24. The molecule has 1 aliphatic carbocycles. The molecule has 1 aliphatic heterocycles. The molecule has 0 saturated heterocycles. The molecule has 0 radical (unpaired) electrons. The van der Waals surface area contributed by atoms with Gasteiger partial charge in [-0.25, -0.2) is 9.97 Å². The fourth-order valence-corrected chi connectivity index (χ4v) is 10.4. The summed E-state index contributed by atoms with van der Waals surface area (Å²) in [4.78, 5) is 13.7. The highest BCUT2D eigenvalue weighted by atomic mass is 15.2. The monoisotopic (exact) mass is 805 g/mol. The summed E-state index contributed by atoms with van der Waals surface area (Å²) in [7, 11) is 0. The molecule has 0 fully saturated rings. The van der Waals surface area contributed by atoms with Gasteiger partial charge in [-0.05, 0) is 54.1 Å². The molecule has 2 atom stereocenters. The van der Waals surface area contributed by atoms with E-state index >= 15 is 0 Å². The van der Waals surface area contributed by atoms with Crippen LogP contribution in [0.15, 0.2) is 224 Å². The van der Waals surface area contributed by atoms with E-state index in [1.165, 1.54) is 32.8 Å². The zero-order chi connectivity index (χ0) is 41.4. The second-order valence-corrected chi connectivity index (χ2v) is 16.5. The van der Waals surface area contributed by atoms with Crippen molar-refractivity contribution < 1.29 is 0 Å². The van der Waals surface area contributed by atoms with Crippen molar-refractivity contribution in [1.82, 2.24) is 19.1 Å². The van der Waals surface area contributed by atoms with Gasteiger partial charge in [-0.3, -0.25) is 0 Å². The molecule has 0 bridgehead atoms. The van der Waals surface area contributed by atoms with Gasteiger partial charge in [-0.15, -0.1) is 0 Å². The summed E-state index contributed by atoms with van der Waals surface area (Å²) in [6.07, 6.45) is 9.16. The second kappa shape index (κ2) is 14.2. The van der Waals surface area contributed by atoms with Gasteiger partial charge >= 0.3 is 0 Å². The molecule has 5 nitrogen and oxygen atoms in total. The first-order valence-corrected chi connectivity index (χ1v) is 21.7. The Hall–Kier alpha value is -8.28. The number of fused-ring (bicyclic) bond motifs is 9. The number of allylic oxidation sites excluding steroid dienone is 2. The van der Waals surface area contributed by atoms with Crippen molar-refractivity contribution in [3.8, 4) is 45.3 Å². The fourth-order valence-electron chi connectivity index (χ4n) is 10.4. The van der Waals surface area contributed by atoms with Crippen molar-refractivity contribution in [2.75, 3.05) is 4.90 Å². The van der Waals surface area contributed by atoms with Crippen molar-refractivity contribution in [3.05, 3.63) is 230 Å². The summed E-state index contributed by atoms with van der Waals surface area (Å²) in [5.41, 5.74) is 15.0. The first-order chi connectivity index (χ1) is 31.3.